The summed E-state index contributed by atoms with van der Waals surface area (Å²) in [5.74, 6) is -1.20. The van der Waals surface area contributed by atoms with Crippen molar-refractivity contribution in [3.8, 4) is 22.9 Å². The van der Waals surface area contributed by atoms with Crippen molar-refractivity contribution in [3.63, 3.8) is 0 Å². The summed E-state index contributed by atoms with van der Waals surface area (Å²) in [6.45, 7) is 12.4. The number of nitrogens with zero attached hydrogens (tertiary/aromatic N) is 4. The van der Waals surface area contributed by atoms with E-state index in [1.807, 2.05) is 83.3 Å². The predicted octanol–water partition coefficient (Wildman–Crippen LogP) is 5.22. The van der Waals surface area contributed by atoms with Gasteiger partial charge >= 0.3 is 5.97 Å². The minimum atomic E-state index is -3.44. The molecule has 0 radical (unpaired) electrons. The summed E-state index contributed by atoms with van der Waals surface area (Å²) in [5, 5.41) is 27.0. The number of carbonyl (C=O) groups excluding carboxylic acids is 2. The third-order valence-corrected chi connectivity index (χ3v) is 14.1. The van der Waals surface area contributed by atoms with Crippen LogP contribution in [0, 0.1) is 11.3 Å². The molecule has 0 bridgehead atoms. The number of rotatable bonds is 14. The number of hydrogen-bond acceptors (Lipinski definition) is 13. The van der Waals surface area contributed by atoms with Gasteiger partial charge in [0.05, 0.1) is 43.3 Å². The first-order chi connectivity index (χ1) is 29.2. The number of carboxylic acid groups (broad SMARTS) is 1. The number of carbonyl (C=O) groups is 3. The molecule has 62 heavy (non-hydrogen) atoms. The zero-order chi connectivity index (χ0) is 45.1. The van der Waals surface area contributed by atoms with Crippen LogP contribution in [0.15, 0.2) is 41.8 Å². The van der Waals surface area contributed by atoms with E-state index in [1.165, 1.54) is 21.9 Å². The fraction of sp³-hybridized carbons (Fsp3) is 0.614. The van der Waals surface area contributed by atoms with E-state index in [0.29, 0.717) is 40.2 Å². The lowest BCUT2D eigenvalue weighted by molar-refractivity contribution is -0.145. The number of aromatic nitrogens is 2. The number of likely N-dealkylation sites (N-methyl/N-ethyl adjacent to an activating group) is 1. The van der Waals surface area contributed by atoms with Crippen LogP contribution in [0.2, 0.25) is 0 Å². The molecule has 4 heterocycles. The van der Waals surface area contributed by atoms with Gasteiger partial charge < -0.3 is 30.1 Å². The quantitative estimate of drug-likeness (QED) is 0.104. The van der Waals surface area contributed by atoms with Crippen molar-refractivity contribution in [2.45, 2.75) is 128 Å². The Bertz CT molecular complexity index is 2240. The molecular weight excluding hydrogens is 833 g/mol. The highest BCUT2D eigenvalue weighted by Crippen LogP contribution is 2.45. The van der Waals surface area contributed by atoms with Crippen LogP contribution in [0.3, 0.4) is 0 Å². The van der Waals surface area contributed by atoms with Gasteiger partial charge in [-0.1, -0.05) is 45.8 Å². The van der Waals surface area contributed by atoms with Gasteiger partial charge in [0.25, 0.3) is 0 Å². The molecule has 2 unspecified atom stereocenters. The third-order valence-electron chi connectivity index (χ3n) is 12.0. The Morgan fingerprint density at radius 2 is 1.89 bits per heavy atom. The average molecular weight is 897 g/mol. The first-order valence-corrected chi connectivity index (χ1v) is 24.2. The molecule has 2 fully saturated rings. The van der Waals surface area contributed by atoms with Crippen molar-refractivity contribution in [2.75, 3.05) is 38.8 Å². The van der Waals surface area contributed by atoms with Crippen LogP contribution in [0.4, 0.5) is 5.13 Å². The largest absolute Gasteiger partial charge is 0.497 e. The molecule has 1 aliphatic carbocycles. The number of aliphatic carboxylic acids is 1. The maximum atomic E-state index is 15.0. The summed E-state index contributed by atoms with van der Waals surface area (Å²) in [6.07, 6.45) is 8.06. The zero-order valence-corrected chi connectivity index (χ0v) is 39.0. The lowest BCUT2D eigenvalue weighted by Crippen LogP contribution is -2.60. The van der Waals surface area contributed by atoms with E-state index in [1.54, 1.807) is 19.1 Å². The van der Waals surface area contributed by atoms with Gasteiger partial charge in [-0.2, -0.15) is 0 Å². The highest BCUT2D eigenvalue weighted by Gasteiger charge is 2.61. The summed E-state index contributed by atoms with van der Waals surface area (Å²) < 4.78 is 38.4. The van der Waals surface area contributed by atoms with Crippen LogP contribution >= 0.6 is 11.3 Å². The number of methoxy groups -OCH3 is 1. The molecule has 0 spiro atoms. The summed E-state index contributed by atoms with van der Waals surface area (Å²) in [6, 6.07) is 5.50. The van der Waals surface area contributed by atoms with Crippen LogP contribution in [-0.2, 0) is 24.4 Å². The topological polar surface area (TPSA) is 204 Å². The van der Waals surface area contributed by atoms with E-state index in [4.69, 9.17) is 19.4 Å². The number of benzene rings is 1. The minimum Gasteiger partial charge on any atom is -0.497 e. The van der Waals surface area contributed by atoms with Gasteiger partial charge in [0.1, 0.15) is 34.9 Å². The van der Waals surface area contributed by atoms with Crippen molar-refractivity contribution >= 4 is 55.2 Å². The number of amides is 2. The second-order valence-electron chi connectivity index (χ2n) is 18.4. The normalized spacial score (nSPS) is 25.3. The van der Waals surface area contributed by atoms with Crippen molar-refractivity contribution in [1.29, 1.82) is 0 Å². The molecule has 2 amide bonds. The molecule has 7 atom stereocenters. The highest BCUT2D eigenvalue weighted by atomic mass is 32.2. The van der Waals surface area contributed by atoms with Crippen molar-refractivity contribution in [1.82, 2.24) is 35.1 Å². The van der Waals surface area contributed by atoms with Gasteiger partial charge in [0.15, 0.2) is 5.13 Å². The number of fused-ring (bicyclic) bond motifs is 3. The molecule has 6 rings (SSSR count). The third kappa shape index (κ3) is 11.2. The number of sulfonamides is 1. The van der Waals surface area contributed by atoms with E-state index in [0.717, 1.165) is 30.8 Å². The van der Waals surface area contributed by atoms with E-state index >= 15 is 0 Å². The van der Waals surface area contributed by atoms with Gasteiger partial charge in [-0.3, -0.25) is 20.2 Å². The van der Waals surface area contributed by atoms with Gasteiger partial charge in [-0.05, 0) is 64.0 Å². The number of carboxylic acids is 1. The van der Waals surface area contributed by atoms with Crippen LogP contribution < -0.4 is 30.7 Å². The van der Waals surface area contributed by atoms with E-state index < -0.39 is 51.8 Å². The Labute approximate surface area is 369 Å². The van der Waals surface area contributed by atoms with E-state index in [2.05, 4.69) is 21.3 Å². The van der Waals surface area contributed by atoms with Crippen molar-refractivity contribution in [3.05, 3.63) is 41.8 Å². The maximum Gasteiger partial charge on any atom is 0.330 e. The molecule has 5 N–H and O–H groups in total. The standard InChI is InChI=1S/C44H64N8O8S2/c1-26(2)45-42-49-35(25-61-42)34-21-37(31-18-17-29(59-8)19-33(31)48-34)60-30-20-36-39(53)50-44(41(55)56)22-28(44)15-13-11-10-12-14-16-32(40(54)52(36)23-30)46-27(3)47-38(43(4,5)6)24-51(7)62(9,57)58/h13,15,17-19,21,25-28,30,32,36,38,46-47H,10-12,14,16,20,22-24H2,1-9H3,(H,45,49)(H,50,53)(H,55,56)/b15-13-/t27?,28?,30-,32-,36+,38-,44-/m1/s1. The first kappa shape index (κ1) is 47.1. The molecule has 340 valence electrons. The van der Waals surface area contributed by atoms with Gasteiger partial charge in [0, 0.05) is 60.9 Å². The number of allylic oxidation sites excluding steroid dienone is 1. The zero-order valence-electron chi connectivity index (χ0n) is 37.4. The lowest BCUT2D eigenvalue weighted by Gasteiger charge is -2.37. The first-order valence-electron chi connectivity index (χ1n) is 21.5. The fourth-order valence-corrected chi connectivity index (χ4v) is 9.48. The van der Waals surface area contributed by atoms with E-state index in [9.17, 15) is 27.9 Å². The Morgan fingerprint density at radius 3 is 2.56 bits per heavy atom. The van der Waals surface area contributed by atoms with Gasteiger partial charge in [-0.25, -0.2) is 27.5 Å². The molecule has 2 aromatic heterocycles. The molecular formula is C44H64N8O8S2. The fourth-order valence-electron chi connectivity index (χ4n) is 8.20. The minimum absolute atomic E-state index is 0.0680. The molecule has 3 aromatic rings. The smallest absolute Gasteiger partial charge is 0.330 e. The molecule has 1 saturated heterocycles. The highest BCUT2D eigenvalue weighted by molar-refractivity contribution is 7.88. The Balaban J connectivity index is 1.33. The average Bonchev–Trinajstić information content (AvgIpc) is 3.46. The maximum absolute atomic E-state index is 15.0. The predicted molar refractivity (Wildman–Crippen MR) is 242 cm³/mol. The Kier molecular flexibility index (Phi) is 14.6. The molecule has 3 aliphatic rings. The Morgan fingerprint density at radius 1 is 1.13 bits per heavy atom. The lowest BCUT2D eigenvalue weighted by atomic mass is 9.86. The van der Waals surface area contributed by atoms with Crippen LogP contribution in [0.25, 0.3) is 22.3 Å². The summed E-state index contributed by atoms with van der Waals surface area (Å²) in [7, 11) is -0.308. The molecule has 1 saturated carbocycles. The summed E-state index contributed by atoms with van der Waals surface area (Å²) in [5.41, 5.74) is 0.0515. The summed E-state index contributed by atoms with van der Waals surface area (Å²) in [4.78, 5) is 53.4. The SMILES string of the molecule is COc1ccc2c(O[C@@H]3C[C@H]4C(=O)N[C@]5(C(=O)O)CC5/C=C\CCCCC[C@@H](NC(C)N[C@H](CN(C)S(C)(=O)=O)C(C)(C)C)C(=O)N4C3)cc(-c3csc(NC(C)C)n3)nc2c1. The van der Waals surface area contributed by atoms with Crippen LogP contribution in [0.5, 0.6) is 11.5 Å². The Hall–Kier alpha value is -4.36. The molecule has 18 heteroatoms. The molecule has 2 aliphatic heterocycles. The number of thiazole rings is 1. The van der Waals surface area contributed by atoms with Crippen molar-refractivity contribution < 1.29 is 37.4 Å². The van der Waals surface area contributed by atoms with Gasteiger partial charge in [0.2, 0.25) is 21.8 Å². The number of ether oxygens (including phenoxy) is 2. The van der Waals surface area contributed by atoms with Crippen molar-refractivity contribution in [2.24, 2.45) is 11.3 Å². The number of hydrogen-bond donors (Lipinski definition) is 5. The molecule has 1 aromatic carbocycles. The van der Waals surface area contributed by atoms with Gasteiger partial charge in [-0.15, -0.1) is 11.3 Å². The van der Waals surface area contributed by atoms with E-state index in [-0.39, 0.29) is 55.3 Å². The second-order valence-corrected chi connectivity index (χ2v) is 21.4. The summed E-state index contributed by atoms with van der Waals surface area (Å²) >= 11 is 1.47. The number of pyridine rings is 1. The van der Waals surface area contributed by atoms with Crippen LogP contribution in [-0.4, -0.2) is 126 Å². The second kappa shape index (κ2) is 19.2. The number of anilines is 1. The van der Waals surface area contributed by atoms with Crippen LogP contribution in [0.1, 0.15) is 86.5 Å². The molecule has 16 nitrogen and oxygen atoms in total. The monoisotopic (exact) mass is 896 g/mol. The number of nitrogens with one attached hydrogen (secondary N) is 4.